The molecule has 0 rings (SSSR count). The zero-order valence-corrected chi connectivity index (χ0v) is 11.1. The van der Waals surface area contributed by atoms with Crippen LogP contribution >= 0.6 is 0 Å². The highest BCUT2D eigenvalue weighted by molar-refractivity contribution is 5.69. The zero-order valence-electron chi connectivity index (χ0n) is 11.1. The smallest absolute Gasteiger partial charge is 0.306 e. The van der Waals surface area contributed by atoms with E-state index in [-0.39, 0.29) is 5.92 Å². The van der Waals surface area contributed by atoms with Crippen molar-refractivity contribution in [1.82, 2.24) is 5.32 Å². The fourth-order valence-corrected chi connectivity index (χ4v) is 1.50. The monoisotopic (exact) mass is 229 g/mol. The Morgan fingerprint density at radius 2 is 1.88 bits per heavy atom. The van der Waals surface area contributed by atoms with Crippen molar-refractivity contribution >= 4 is 5.97 Å². The van der Waals surface area contributed by atoms with E-state index in [0.717, 1.165) is 31.7 Å². The molecular formula is C13H27NO2. The lowest BCUT2D eigenvalue weighted by molar-refractivity contribution is -0.141. The third-order valence-corrected chi connectivity index (χ3v) is 3.21. The van der Waals surface area contributed by atoms with Gasteiger partial charge >= 0.3 is 5.97 Å². The molecule has 0 aliphatic rings. The fraction of sp³-hybridized carbons (Fsp3) is 0.923. The molecule has 0 fully saturated rings. The first-order chi connectivity index (χ1) is 7.47. The van der Waals surface area contributed by atoms with Gasteiger partial charge in [-0.15, -0.1) is 0 Å². The Morgan fingerprint density at radius 1 is 1.25 bits per heavy atom. The van der Waals surface area contributed by atoms with Crippen LogP contribution in [0.4, 0.5) is 0 Å². The SMILES string of the molecule is CCC(C)CNC(C)CCCC(C)C(=O)O. The number of nitrogens with one attached hydrogen (secondary N) is 1. The molecule has 0 saturated carbocycles. The van der Waals surface area contributed by atoms with E-state index in [1.165, 1.54) is 6.42 Å². The molecule has 0 aromatic rings. The Kier molecular flexibility index (Phi) is 8.26. The minimum absolute atomic E-state index is 0.207. The topological polar surface area (TPSA) is 49.3 Å². The number of hydrogen-bond acceptors (Lipinski definition) is 2. The highest BCUT2D eigenvalue weighted by atomic mass is 16.4. The van der Waals surface area contributed by atoms with Crippen LogP contribution in [0.2, 0.25) is 0 Å². The normalized spacial score (nSPS) is 16.8. The first-order valence-corrected chi connectivity index (χ1v) is 6.43. The molecule has 0 heterocycles. The van der Waals surface area contributed by atoms with E-state index in [9.17, 15) is 4.79 Å². The second kappa shape index (κ2) is 8.57. The molecule has 0 radical (unpaired) electrons. The van der Waals surface area contributed by atoms with Crippen LogP contribution in [0.15, 0.2) is 0 Å². The Morgan fingerprint density at radius 3 is 2.38 bits per heavy atom. The number of carboxylic acid groups (broad SMARTS) is 1. The van der Waals surface area contributed by atoms with Gasteiger partial charge in [0.1, 0.15) is 0 Å². The summed E-state index contributed by atoms with van der Waals surface area (Å²) in [5.41, 5.74) is 0. The van der Waals surface area contributed by atoms with E-state index in [1.54, 1.807) is 6.92 Å². The molecule has 0 aromatic heterocycles. The average Bonchev–Trinajstić information content (AvgIpc) is 2.25. The maximum atomic E-state index is 10.6. The Bertz CT molecular complexity index is 194. The summed E-state index contributed by atoms with van der Waals surface area (Å²) in [6.45, 7) is 9.46. The van der Waals surface area contributed by atoms with Crippen molar-refractivity contribution in [3.8, 4) is 0 Å². The maximum Gasteiger partial charge on any atom is 0.306 e. The van der Waals surface area contributed by atoms with Crippen molar-refractivity contribution < 1.29 is 9.90 Å². The third kappa shape index (κ3) is 7.69. The van der Waals surface area contributed by atoms with Crippen molar-refractivity contribution in [2.75, 3.05) is 6.54 Å². The van der Waals surface area contributed by atoms with Gasteiger partial charge in [0.15, 0.2) is 0 Å². The second-order valence-corrected chi connectivity index (χ2v) is 4.99. The van der Waals surface area contributed by atoms with Crippen LogP contribution in [0.1, 0.15) is 53.4 Å². The molecule has 3 unspecified atom stereocenters. The van der Waals surface area contributed by atoms with E-state index in [4.69, 9.17) is 5.11 Å². The summed E-state index contributed by atoms with van der Waals surface area (Å²) in [7, 11) is 0. The molecule has 0 amide bonds. The maximum absolute atomic E-state index is 10.6. The summed E-state index contributed by atoms with van der Waals surface area (Å²) >= 11 is 0. The molecular weight excluding hydrogens is 202 g/mol. The van der Waals surface area contributed by atoms with Crippen LogP contribution in [0.25, 0.3) is 0 Å². The number of aliphatic carboxylic acids is 1. The summed E-state index contributed by atoms with van der Waals surface area (Å²) in [5.74, 6) is -0.164. The van der Waals surface area contributed by atoms with Crippen LogP contribution in [-0.4, -0.2) is 23.7 Å². The minimum atomic E-state index is -0.680. The molecule has 0 spiro atoms. The van der Waals surface area contributed by atoms with Crippen LogP contribution < -0.4 is 5.32 Å². The molecule has 0 aliphatic heterocycles. The van der Waals surface area contributed by atoms with Crippen LogP contribution in [0.5, 0.6) is 0 Å². The van der Waals surface area contributed by atoms with E-state index >= 15 is 0 Å². The fourth-order valence-electron chi connectivity index (χ4n) is 1.50. The lowest BCUT2D eigenvalue weighted by atomic mass is 10.0. The Hall–Kier alpha value is -0.570. The molecule has 3 nitrogen and oxygen atoms in total. The van der Waals surface area contributed by atoms with E-state index < -0.39 is 5.97 Å². The molecule has 3 heteroatoms. The van der Waals surface area contributed by atoms with Gasteiger partial charge in [-0.05, 0) is 32.2 Å². The third-order valence-electron chi connectivity index (χ3n) is 3.21. The number of hydrogen-bond donors (Lipinski definition) is 2. The van der Waals surface area contributed by atoms with Gasteiger partial charge in [-0.1, -0.05) is 33.6 Å². The van der Waals surface area contributed by atoms with Gasteiger partial charge in [-0.2, -0.15) is 0 Å². The molecule has 96 valence electrons. The minimum Gasteiger partial charge on any atom is -0.481 e. The zero-order chi connectivity index (χ0) is 12.6. The van der Waals surface area contributed by atoms with Gasteiger partial charge in [-0.3, -0.25) is 4.79 Å². The highest BCUT2D eigenvalue weighted by Crippen LogP contribution is 2.10. The summed E-state index contributed by atoms with van der Waals surface area (Å²) in [6, 6.07) is 0.495. The summed E-state index contributed by atoms with van der Waals surface area (Å²) in [4.78, 5) is 10.6. The van der Waals surface area contributed by atoms with Crippen molar-refractivity contribution in [2.24, 2.45) is 11.8 Å². The summed E-state index contributed by atoms with van der Waals surface area (Å²) < 4.78 is 0. The molecule has 0 aromatic carbocycles. The largest absolute Gasteiger partial charge is 0.481 e. The number of carbonyl (C=O) groups is 1. The van der Waals surface area contributed by atoms with Gasteiger partial charge in [0.25, 0.3) is 0 Å². The van der Waals surface area contributed by atoms with Gasteiger partial charge < -0.3 is 10.4 Å². The molecule has 16 heavy (non-hydrogen) atoms. The predicted molar refractivity (Wildman–Crippen MR) is 67.6 cm³/mol. The number of rotatable bonds is 9. The average molecular weight is 229 g/mol. The molecule has 3 atom stereocenters. The second-order valence-electron chi connectivity index (χ2n) is 4.99. The summed E-state index contributed by atoms with van der Waals surface area (Å²) in [6.07, 6.45) is 4.04. The Balaban J connectivity index is 3.50. The predicted octanol–water partition coefficient (Wildman–Crippen LogP) is 2.90. The first-order valence-electron chi connectivity index (χ1n) is 6.43. The van der Waals surface area contributed by atoms with Crippen LogP contribution in [0, 0.1) is 11.8 Å². The Labute approximate surface area is 99.6 Å². The lowest BCUT2D eigenvalue weighted by Gasteiger charge is -2.17. The lowest BCUT2D eigenvalue weighted by Crippen LogP contribution is -2.30. The van der Waals surface area contributed by atoms with Crippen LogP contribution in [0.3, 0.4) is 0 Å². The van der Waals surface area contributed by atoms with Gasteiger partial charge in [0.2, 0.25) is 0 Å². The van der Waals surface area contributed by atoms with Gasteiger partial charge in [0.05, 0.1) is 5.92 Å². The van der Waals surface area contributed by atoms with Gasteiger partial charge in [-0.25, -0.2) is 0 Å². The highest BCUT2D eigenvalue weighted by Gasteiger charge is 2.11. The quantitative estimate of drug-likeness (QED) is 0.639. The van der Waals surface area contributed by atoms with Crippen LogP contribution in [-0.2, 0) is 4.79 Å². The van der Waals surface area contributed by atoms with Crippen molar-refractivity contribution in [3.05, 3.63) is 0 Å². The first kappa shape index (κ1) is 15.4. The molecule has 0 bridgehead atoms. The van der Waals surface area contributed by atoms with E-state index in [2.05, 4.69) is 26.1 Å². The van der Waals surface area contributed by atoms with E-state index in [0.29, 0.717) is 6.04 Å². The number of carboxylic acids is 1. The summed E-state index contributed by atoms with van der Waals surface area (Å²) in [5, 5.41) is 12.2. The van der Waals surface area contributed by atoms with Crippen molar-refractivity contribution in [3.63, 3.8) is 0 Å². The van der Waals surface area contributed by atoms with Crippen molar-refractivity contribution in [2.45, 2.75) is 59.4 Å². The van der Waals surface area contributed by atoms with Crippen molar-refractivity contribution in [1.29, 1.82) is 0 Å². The van der Waals surface area contributed by atoms with Gasteiger partial charge in [0, 0.05) is 6.04 Å². The molecule has 0 aliphatic carbocycles. The molecule has 2 N–H and O–H groups in total. The standard InChI is InChI=1S/C13H27NO2/c1-5-10(2)9-14-12(4)8-6-7-11(3)13(15)16/h10-12,14H,5-9H2,1-4H3,(H,15,16). The van der Waals surface area contributed by atoms with E-state index in [1.807, 2.05) is 0 Å². The molecule has 0 saturated heterocycles.